The summed E-state index contributed by atoms with van der Waals surface area (Å²) in [4.78, 5) is 0. The molecule has 0 heteroatoms. The fourth-order valence-electron chi connectivity index (χ4n) is 2.03. The minimum atomic E-state index is 0.500. The number of rotatable bonds is 3. The Bertz CT molecular complexity index is 157. The largest absolute Gasteiger partial charge is 0.0620 e. The van der Waals surface area contributed by atoms with E-state index in [0.29, 0.717) is 5.41 Å². The smallest absolute Gasteiger partial charge is 0.0326 e. The minimum Gasteiger partial charge on any atom is -0.0620 e. The molecule has 1 atom stereocenters. The van der Waals surface area contributed by atoms with E-state index in [1.54, 1.807) is 0 Å². The Morgan fingerprint density at radius 3 is 2.08 bits per heavy atom. The molecule has 0 spiro atoms. The first kappa shape index (κ1) is 11.1. The summed E-state index contributed by atoms with van der Waals surface area (Å²) in [5.74, 6) is 0.866. The topological polar surface area (TPSA) is 0 Å². The van der Waals surface area contributed by atoms with Crippen molar-refractivity contribution in [1.29, 1.82) is 0 Å². The van der Waals surface area contributed by atoms with E-state index in [4.69, 9.17) is 0 Å². The molecule has 1 aliphatic rings. The van der Waals surface area contributed by atoms with Gasteiger partial charge in [0.05, 0.1) is 0 Å². The van der Waals surface area contributed by atoms with Crippen LogP contribution in [0.2, 0.25) is 0 Å². The van der Waals surface area contributed by atoms with E-state index in [0.717, 1.165) is 11.3 Å². The molecule has 0 radical (unpaired) electrons. The average molecular weight is 182 g/mol. The molecule has 0 bridgehead atoms. The predicted octanol–water partition coefficient (Wildman–Crippen LogP) is 4.64. The van der Waals surface area contributed by atoms with Gasteiger partial charge in [0.15, 0.2) is 0 Å². The van der Waals surface area contributed by atoms with Crippen LogP contribution in [0.3, 0.4) is 0 Å². The van der Waals surface area contributed by atoms with Crippen molar-refractivity contribution in [2.45, 2.75) is 66.7 Å². The third-order valence-electron chi connectivity index (χ3n) is 4.22. The van der Waals surface area contributed by atoms with Crippen LogP contribution >= 0.6 is 0 Å². The van der Waals surface area contributed by atoms with Crippen LogP contribution in [0.15, 0.2) is 0 Å². The molecule has 1 saturated carbocycles. The summed E-state index contributed by atoms with van der Waals surface area (Å²) in [6, 6.07) is 0. The van der Waals surface area contributed by atoms with Crippen LogP contribution in [0.5, 0.6) is 0 Å². The summed E-state index contributed by atoms with van der Waals surface area (Å²) in [7, 11) is 0. The van der Waals surface area contributed by atoms with Gasteiger partial charge in [-0.2, -0.15) is 0 Å². The summed E-state index contributed by atoms with van der Waals surface area (Å²) in [6.45, 7) is 12.0. The standard InChI is InChI=1S/C13H26/c1-11(12(2,3)4)7-10-13(5)8-6-9-13/h11H,6-10H2,1-5H3. The number of hydrogen-bond donors (Lipinski definition) is 0. The Morgan fingerprint density at radius 1 is 1.23 bits per heavy atom. The maximum atomic E-state index is 2.46. The first-order valence-corrected chi connectivity index (χ1v) is 5.83. The summed E-state index contributed by atoms with van der Waals surface area (Å²) in [5.41, 5.74) is 1.22. The van der Waals surface area contributed by atoms with Crippen LogP contribution in [-0.4, -0.2) is 0 Å². The molecule has 0 heterocycles. The average Bonchev–Trinajstić information content (AvgIpc) is 1.94. The van der Waals surface area contributed by atoms with Crippen molar-refractivity contribution in [2.75, 3.05) is 0 Å². The van der Waals surface area contributed by atoms with Crippen molar-refractivity contribution in [3.05, 3.63) is 0 Å². The molecular formula is C13H26. The fourth-order valence-corrected chi connectivity index (χ4v) is 2.03. The maximum absolute atomic E-state index is 2.46. The molecule has 0 nitrogen and oxygen atoms in total. The molecule has 0 saturated heterocycles. The highest BCUT2D eigenvalue weighted by molar-refractivity contribution is 4.84. The summed E-state index contributed by atoms with van der Waals surface area (Å²) in [6.07, 6.45) is 7.29. The van der Waals surface area contributed by atoms with Crippen LogP contribution in [0, 0.1) is 16.7 Å². The van der Waals surface area contributed by atoms with E-state index < -0.39 is 0 Å². The zero-order valence-electron chi connectivity index (χ0n) is 10.1. The number of hydrogen-bond acceptors (Lipinski definition) is 0. The zero-order valence-corrected chi connectivity index (χ0v) is 10.1. The van der Waals surface area contributed by atoms with Crippen LogP contribution in [0.25, 0.3) is 0 Å². The Hall–Kier alpha value is 0. The fraction of sp³-hybridized carbons (Fsp3) is 1.00. The van der Waals surface area contributed by atoms with E-state index in [1.165, 1.54) is 32.1 Å². The lowest BCUT2D eigenvalue weighted by molar-refractivity contribution is 0.117. The van der Waals surface area contributed by atoms with Crippen molar-refractivity contribution >= 4 is 0 Å². The highest BCUT2D eigenvalue weighted by Gasteiger charge is 2.32. The van der Waals surface area contributed by atoms with E-state index >= 15 is 0 Å². The van der Waals surface area contributed by atoms with Gasteiger partial charge in [-0.05, 0) is 42.4 Å². The summed E-state index contributed by atoms with van der Waals surface area (Å²) >= 11 is 0. The van der Waals surface area contributed by atoms with Gasteiger partial charge in [-0.25, -0.2) is 0 Å². The van der Waals surface area contributed by atoms with Crippen LogP contribution in [0.1, 0.15) is 66.7 Å². The van der Waals surface area contributed by atoms with Crippen molar-refractivity contribution < 1.29 is 0 Å². The lowest BCUT2D eigenvalue weighted by atomic mass is 9.65. The molecular weight excluding hydrogens is 156 g/mol. The second-order valence-electron chi connectivity index (χ2n) is 6.47. The van der Waals surface area contributed by atoms with Gasteiger partial charge in [0.1, 0.15) is 0 Å². The van der Waals surface area contributed by atoms with Gasteiger partial charge in [-0.1, -0.05) is 41.0 Å². The van der Waals surface area contributed by atoms with Crippen molar-refractivity contribution in [3.8, 4) is 0 Å². The molecule has 0 aromatic carbocycles. The van der Waals surface area contributed by atoms with Crippen LogP contribution in [-0.2, 0) is 0 Å². The lowest BCUT2D eigenvalue weighted by Crippen LogP contribution is -2.27. The van der Waals surface area contributed by atoms with Gasteiger partial charge in [-0.15, -0.1) is 0 Å². The van der Waals surface area contributed by atoms with Gasteiger partial charge in [0.2, 0.25) is 0 Å². The zero-order chi connectivity index (χ0) is 10.1. The maximum Gasteiger partial charge on any atom is -0.0326 e. The van der Waals surface area contributed by atoms with E-state index in [2.05, 4.69) is 34.6 Å². The van der Waals surface area contributed by atoms with E-state index in [9.17, 15) is 0 Å². The first-order chi connectivity index (χ1) is 5.83. The van der Waals surface area contributed by atoms with Gasteiger partial charge in [0.25, 0.3) is 0 Å². The SMILES string of the molecule is CC(CCC1(C)CCC1)C(C)(C)C. The van der Waals surface area contributed by atoms with Gasteiger partial charge >= 0.3 is 0 Å². The predicted molar refractivity (Wildman–Crippen MR) is 59.8 cm³/mol. The quantitative estimate of drug-likeness (QED) is 0.596. The normalized spacial score (nSPS) is 23.8. The lowest BCUT2D eigenvalue weighted by Gasteiger charge is -2.40. The second kappa shape index (κ2) is 3.63. The van der Waals surface area contributed by atoms with Crippen molar-refractivity contribution in [3.63, 3.8) is 0 Å². The molecule has 1 fully saturated rings. The highest BCUT2D eigenvalue weighted by atomic mass is 14.4. The van der Waals surface area contributed by atoms with Crippen LogP contribution < -0.4 is 0 Å². The molecule has 1 unspecified atom stereocenters. The Morgan fingerprint density at radius 2 is 1.77 bits per heavy atom. The molecule has 0 aliphatic heterocycles. The third kappa shape index (κ3) is 3.00. The molecule has 0 amide bonds. The van der Waals surface area contributed by atoms with E-state index in [1.807, 2.05) is 0 Å². The third-order valence-corrected chi connectivity index (χ3v) is 4.22. The Kier molecular flexibility index (Phi) is 3.09. The molecule has 78 valence electrons. The molecule has 0 aromatic rings. The van der Waals surface area contributed by atoms with Gasteiger partial charge in [-0.3, -0.25) is 0 Å². The minimum absolute atomic E-state index is 0.500. The molecule has 0 aromatic heterocycles. The van der Waals surface area contributed by atoms with Crippen molar-refractivity contribution in [1.82, 2.24) is 0 Å². The van der Waals surface area contributed by atoms with Gasteiger partial charge in [0, 0.05) is 0 Å². The monoisotopic (exact) mass is 182 g/mol. The Labute approximate surface area is 84.1 Å². The molecule has 1 rings (SSSR count). The first-order valence-electron chi connectivity index (χ1n) is 5.83. The summed E-state index contributed by atoms with van der Waals surface area (Å²) < 4.78 is 0. The van der Waals surface area contributed by atoms with Crippen molar-refractivity contribution in [2.24, 2.45) is 16.7 Å². The van der Waals surface area contributed by atoms with E-state index in [-0.39, 0.29) is 0 Å². The second-order valence-corrected chi connectivity index (χ2v) is 6.47. The summed E-state index contributed by atoms with van der Waals surface area (Å²) in [5, 5.41) is 0. The van der Waals surface area contributed by atoms with Crippen LogP contribution in [0.4, 0.5) is 0 Å². The molecule has 1 aliphatic carbocycles. The van der Waals surface area contributed by atoms with Gasteiger partial charge < -0.3 is 0 Å². The highest BCUT2D eigenvalue weighted by Crippen LogP contribution is 2.46. The molecule has 0 N–H and O–H groups in total. The molecule has 13 heavy (non-hydrogen) atoms. The Balaban J connectivity index is 2.26.